The summed E-state index contributed by atoms with van der Waals surface area (Å²) < 4.78 is 17.7. The van der Waals surface area contributed by atoms with Crippen molar-refractivity contribution >= 4 is 22.4 Å². The van der Waals surface area contributed by atoms with Gasteiger partial charge in [-0.2, -0.15) is 0 Å². The van der Waals surface area contributed by atoms with Gasteiger partial charge in [-0.15, -0.1) is 0 Å². The maximum atomic E-state index is 12.8. The number of hydrogen-bond acceptors (Lipinski definition) is 3. The van der Waals surface area contributed by atoms with Gasteiger partial charge in [0.2, 0.25) is 0 Å². The topological polar surface area (TPSA) is 52.3 Å². The quantitative estimate of drug-likeness (QED) is 0.601. The summed E-state index contributed by atoms with van der Waals surface area (Å²) in [6.45, 7) is 18.6. The first-order valence-electron chi connectivity index (χ1n) is 8.18. The Kier molecular flexibility index (Phi) is 18.1. The first kappa shape index (κ1) is 27.9. The van der Waals surface area contributed by atoms with E-state index in [0.29, 0.717) is 16.4 Å². The highest BCUT2D eigenvalue weighted by Gasteiger charge is 2.02. The minimum Gasteiger partial charge on any atom is -0.465 e. The molecule has 24 heavy (non-hydrogen) atoms. The molecule has 0 spiro atoms. The fraction of sp³-hybridized carbons (Fsp3) is 0.632. The summed E-state index contributed by atoms with van der Waals surface area (Å²) in [5, 5.41) is 0. The van der Waals surface area contributed by atoms with Gasteiger partial charge in [0.15, 0.2) is 0 Å². The number of ether oxygens (including phenoxy) is 1. The number of hydrogen-bond donors (Lipinski definition) is 1. The van der Waals surface area contributed by atoms with Crippen LogP contribution in [0.3, 0.4) is 0 Å². The van der Waals surface area contributed by atoms with Gasteiger partial charge in [0.05, 0.1) is 10.6 Å². The second-order valence-electron chi connectivity index (χ2n) is 6.74. The summed E-state index contributed by atoms with van der Waals surface area (Å²) in [4.78, 5) is 9.39. The Morgan fingerprint density at radius 3 is 1.79 bits per heavy atom. The standard InChI is InChI=1S/C8H9BrFN.C5H12.C4H8O2.C2H6/c1-5(11)6-2-3-7(9)8(10)4-6;1-5(2,3)4;1-4(2)6-3-5;1-2/h2-5H,11H2,1H3;1-4H3;3-4H,1-2H3;1-2H3. The maximum Gasteiger partial charge on any atom is 0.293 e. The predicted octanol–water partition coefficient (Wildman–Crippen LogP) is 6.25. The molecule has 0 saturated heterocycles. The van der Waals surface area contributed by atoms with Crippen LogP contribution in [0.15, 0.2) is 22.7 Å². The molecule has 3 nitrogen and oxygen atoms in total. The van der Waals surface area contributed by atoms with Crippen molar-refractivity contribution in [1.82, 2.24) is 0 Å². The summed E-state index contributed by atoms with van der Waals surface area (Å²) in [6.07, 6.45) is 0.0301. The molecule has 0 bridgehead atoms. The molecule has 142 valence electrons. The molecule has 1 aromatic carbocycles. The van der Waals surface area contributed by atoms with Crippen LogP contribution in [0.2, 0.25) is 0 Å². The van der Waals surface area contributed by atoms with Crippen LogP contribution in [0.5, 0.6) is 0 Å². The number of benzene rings is 1. The zero-order valence-corrected chi connectivity index (χ0v) is 18.2. The summed E-state index contributed by atoms with van der Waals surface area (Å²) in [5.41, 5.74) is 6.86. The molecule has 2 N–H and O–H groups in total. The predicted molar refractivity (Wildman–Crippen MR) is 105 cm³/mol. The van der Waals surface area contributed by atoms with Crippen LogP contribution in [0.25, 0.3) is 0 Å². The third-order valence-electron chi connectivity index (χ3n) is 1.80. The highest BCUT2D eigenvalue weighted by Crippen LogP contribution is 2.19. The Morgan fingerprint density at radius 2 is 1.58 bits per heavy atom. The molecule has 0 saturated carbocycles. The first-order chi connectivity index (χ1) is 10.9. The van der Waals surface area contributed by atoms with E-state index in [2.05, 4.69) is 48.4 Å². The fourth-order valence-corrected chi connectivity index (χ4v) is 1.15. The van der Waals surface area contributed by atoms with E-state index < -0.39 is 0 Å². The Morgan fingerprint density at radius 1 is 1.17 bits per heavy atom. The largest absolute Gasteiger partial charge is 0.465 e. The third-order valence-corrected chi connectivity index (χ3v) is 2.44. The highest BCUT2D eigenvalue weighted by atomic mass is 79.9. The van der Waals surface area contributed by atoms with Gasteiger partial charge in [-0.25, -0.2) is 4.39 Å². The van der Waals surface area contributed by atoms with Gasteiger partial charge in [-0.05, 0) is 59.8 Å². The van der Waals surface area contributed by atoms with Crippen LogP contribution >= 0.6 is 15.9 Å². The molecule has 0 aliphatic carbocycles. The SMILES string of the molecule is CC.CC(C)(C)C.CC(C)OC=O.CC(N)c1ccc(Br)c(F)c1. The smallest absolute Gasteiger partial charge is 0.293 e. The average Bonchev–Trinajstić information content (AvgIpc) is 2.42. The van der Waals surface area contributed by atoms with Crippen LogP contribution in [-0.4, -0.2) is 12.6 Å². The maximum absolute atomic E-state index is 12.8. The van der Waals surface area contributed by atoms with Crippen molar-refractivity contribution in [3.63, 3.8) is 0 Å². The van der Waals surface area contributed by atoms with E-state index in [0.717, 1.165) is 5.56 Å². The van der Waals surface area contributed by atoms with Crippen LogP contribution in [-0.2, 0) is 9.53 Å². The van der Waals surface area contributed by atoms with Crippen LogP contribution in [0, 0.1) is 11.2 Å². The summed E-state index contributed by atoms with van der Waals surface area (Å²) in [5.74, 6) is -0.264. The lowest BCUT2D eigenvalue weighted by molar-refractivity contribution is -0.131. The number of carbonyl (C=O) groups excluding carboxylic acids is 1. The Balaban J connectivity index is -0.000000290. The zero-order chi connectivity index (χ0) is 19.9. The first-order valence-corrected chi connectivity index (χ1v) is 8.97. The molecule has 1 unspecified atom stereocenters. The number of nitrogens with two attached hydrogens (primary N) is 1. The van der Waals surface area contributed by atoms with Crippen molar-refractivity contribution in [2.24, 2.45) is 11.1 Å². The lowest BCUT2D eigenvalue weighted by Gasteiger charge is -2.05. The number of carbonyl (C=O) groups is 1. The average molecular weight is 408 g/mol. The highest BCUT2D eigenvalue weighted by molar-refractivity contribution is 9.10. The molecule has 0 aliphatic heterocycles. The summed E-state index contributed by atoms with van der Waals surface area (Å²) >= 11 is 3.06. The van der Waals surface area contributed by atoms with Crippen molar-refractivity contribution in [3.05, 3.63) is 34.1 Å². The molecule has 0 aliphatic rings. The number of rotatable bonds is 3. The molecule has 0 radical (unpaired) electrons. The minimum absolute atomic E-state index is 0.0301. The van der Waals surface area contributed by atoms with E-state index in [9.17, 15) is 9.18 Å². The minimum atomic E-state index is -0.264. The van der Waals surface area contributed by atoms with E-state index in [4.69, 9.17) is 5.73 Å². The van der Waals surface area contributed by atoms with Crippen molar-refractivity contribution in [2.75, 3.05) is 0 Å². The molecule has 0 heterocycles. The molecule has 0 amide bonds. The van der Waals surface area contributed by atoms with E-state index in [1.807, 2.05) is 20.8 Å². The second kappa shape index (κ2) is 15.6. The molecular weight excluding hydrogens is 373 g/mol. The number of halogens is 2. The van der Waals surface area contributed by atoms with Gasteiger partial charge < -0.3 is 10.5 Å². The summed E-state index contributed by atoms with van der Waals surface area (Å²) in [7, 11) is 0. The lowest BCUT2D eigenvalue weighted by atomic mass is 10.0. The lowest BCUT2D eigenvalue weighted by Crippen LogP contribution is -2.04. The van der Waals surface area contributed by atoms with E-state index in [1.54, 1.807) is 26.0 Å². The second-order valence-corrected chi connectivity index (χ2v) is 7.60. The monoisotopic (exact) mass is 407 g/mol. The Bertz CT molecular complexity index is 424. The van der Waals surface area contributed by atoms with Crippen molar-refractivity contribution in [2.45, 2.75) is 74.5 Å². The Labute approximate surface area is 156 Å². The van der Waals surface area contributed by atoms with Gasteiger partial charge in [0.25, 0.3) is 6.47 Å². The summed E-state index contributed by atoms with van der Waals surface area (Å²) in [6, 6.07) is 4.79. The normalized spacial score (nSPS) is 10.9. The molecule has 0 fully saturated rings. The third kappa shape index (κ3) is 23.3. The van der Waals surface area contributed by atoms with Crippen LogP contribution in [0.4, 0.5) is 4.39 Å². The van der Waals surface area contributed by atoms with Gasteiger partial charge in [-0.3, -0.25) is 4.79 Å². The van der Waals surface area contributed by atoms with Crippen molar-refractivity contribution < 1.29 is 13.9 Å². The van der Waals surface area contributed by atoms with Crippen molar-refractivity contribution in [3.8, 4) is 0 Å². The van der Waals surface area contributed by atoms with Gasteiger partial charge in [0, 0.05) is 6.04 Å². The van der Waals surface area contributed by atoms with Gasteiger partial charge >= 0.3 is 0 Å². The van der Waals surface area contributed by atoms with Gasteiger partial charge in [0.1, 0.15) is 5.82 Å². The molecule has 1 aromatic rings. The van der Waals surface area contributed by atoms with Crippen molar-refractivity contribution in [1.29, 1.82) is 0 Å². The zero-order valence-electron chi connectivity index (χ0n) is 16.6. The van der Waals surface area contributed by atoms with E-state index in [-0.39, 0.29) is 18.0 Å². The fourth-order valence-electron chi connectivity index (χ4n) is 0.907. The molecule has 1 atom stereocenters. The molecule has 5 heteroatoms. The van der Waals surface area contributed by atoms with Crippen LogP contribution < -0.4 is 5.73 Å². The molecular formula is C19H35BrFNO2. The van der Waals surface area contributed by atoms with Gasteiger partial charge in [-0.1, -0.05) is 47.6 Å². The molecule has 0 aromatic heterocycles. The van der Waals surface area contributed by atoms with Crippen LogP contribution in [0.1, 0.15) is 73.9 Å². The Hall–Kier alpha value is -0.940. The molecule has 1 rings (SSSR count). The van der Waals surface area contributed by atoms with E-state index >= 15 is 0 Å². The van der Waals surface area contributed by atoms with E-state index in [1.165, 1.54) is 6.07 Å².